The molecule has 0 aromatic heterocycles. The lowest BCUT2D eigenvalue weighted by Gasteiger charge is -2.36. The van der Waals surface area contributed by atoms with E-state index in [0.29, 0.717) is 11.5 Å². The highest BCUT2D eigenvalue weighted by molar-refractivity contribution is 5.04. The minimum atomic E-state index is 0.705. The molecule has 2 rings (SSSR count). The monoisotopic (exact) mass is 279 g/mol. The van der Waals surface area contributed by atoms with E-state index in [2.05, 4.69) is 32.6 Å². The van der Waals surface area contributed by atoms with Gasteiger partial charge in [0.05, 0.1) is 0 Å². The van der Waals surface area contributed by atoms with Crippen molar-refractivity contribution >= 4 is 0 Å². The number of hydrogen-bond donors (Lipinski definition) is 0. The molecule has 0 N–H and O–H groups in total. The van der Waals surface area contributed by atoms with Crippen molar-refractivity contribution in [1.82, 2.24) is 4.90 Å². The molecule has 0 amide bonds. The maximum Gasteiger partial charge on any atom is 0.00672 e. The predicted molar refractivity (Wildman–Crippen MR) is 89.1 cm³/mol. The van der Waals surface area contributed by atoms with Crippen molar-refractivity contribution in [3.63, 3.8) is 0 Å². The molecule has 118 valence electrons. The van der Waals surface area contributed by atoms with Crippen LogP contribution in [0, 0.1) is 11.3 Å². The highest BCUT2D eigenvalue weighted by Gasteiger charge is 2.53. The quantitative estimate of drug-likeness (QED) is 0.630. The van der Waals surface area contributed by atoms with Crippen LogP contribution in [0.25, 0.3) is 0 Å². The minimum Gasteiger partial charge on any atom is -0.298 e. The second-order valence-corrected chi connectivity index (χ2v) is 7.95. The van der Waals surface area contributed by atoms with Crippen molar-refractivity contribution in [1.29, 1.82) is 0 Å². The highest BCUT2D eigenvalue weighted by atomic mass is 15.2. The van der Waals surface area contributed by atoms with Gasteiger partial charge in [0.15, 0.2) is 0 Å². The Morgan fingerprint density at radius 3 is 2.30 bits per heavy atom. The van der Waals surface area contributed by atoms with Gasteiger partial charge in [0.25, 0.3) is 0 Å². The van der Waals surface area contributed by atoms with Gasteiger partial charge in [0.2, 0.25) is 0 Å². The molecule has 1 heteroatoms. The van der Waals surface area contributed by atoms with Crippen LogP contribution in [0.15, 0.2) is 0 Å². The van der Waals surface area contributed by atoms with Crippen LogP contribution >= 0.6 is 0 Å². The van der Waals surface area contributed by atoms with Crippen LogP contribution in [0.5, 0.6) is 0 Å². The van der Waals surface area contributed by atoms with Crippen LogP contribution in [-0.2, 0) is 0 Å². The summed E-state index contributed by atoms with van der Waals surface area (Å²) < 4.78 is 0. The van der Waals surface area contributed by atoms with Gasteiger partial charge < -0.3 is 0 Å². The third kappa shape index (κ3) is 4.00. The summed E-state index contributed by atoms with van der Waals surface area (Å²) in [5.41, 5.74) is 0.713. The molecule has 3 atom stereocenters. The van der Waals surface area contributed by atoms with Gasteiger partial charge in [-0.15, -0.1) is 0 Å². The molecule has 0 heterocycles. The Morgan fingerprint density at radius 1 is 1.00 bits per heavy atom. The van der Waals surface area contributed by atoms with Gasteiger partial charge >= 0.3 is 0 Å². The van der Waals surface area contributed by atoms with Gasteiger partial charge in [-0.2, -0.15) is 0 Å². The zero-order chi connectivity index (χ0) is 14.6. The number of fused-ring (bicyclic) bond motifs is 1. The van der Waals surface area contributed by atoms with Gasteiger partial charge in [-0.1, -0.05) is 45.4 Å². The maximum atomic E-state index is 2.80. The third-order valence-corrected chi connectivity index (χ3v) is 6.15. The summed E-state index contributed by atoms with van der Waals surface area (Å²) in [7, 11) is 0. The SMILES string of the molecule is CCC(C)N(CC12CCCCCCCCC1C2)C(C)C. The second-order valence-electron chi connectivity index (χ2n) is 7.95. The van der Waals surface area contributed by atoms with Crippen molar-refractivity contribution in [3.8, 4) is 0 Å². The van der Waals surface area contributed by atoms with Gasteiger partial charge in [-0.25, -0.2) is 0 Å². The fourth-order valence-corrected chi connectivity index (χ4v) is 4.44. The van der Waals surface area contributed by atoms with Crippen molar-refractivity contribution in [3.05, 3.63) is 0 Å². The van der Waals surface area contributed by atoms with E-state index in [0.717, 1.165) is 12.0 Å². The largest absolute Gasteiger partial charge is 0.298 e. The van der Waals surface area contributed by atoms with E-state index in [1.165, 1.54) is 70.8 Å². The zero-order valence-corrected chi connectivity index (χ0v) is 14.5. The summed E-state index contributed by atoms with van der Waals surface area (Å²) in [5.74, 6) is 1.06. The van der Waals surface area contributed by atoms with Crippen LogP contribution in [0.2, 0.25) is 0 Å². The Morgan fingerprint density at radius 2 is 1.65 bits per heavy atom. The Labute approximate surface area is 127 Å². The standard InChI is InChI=1S/C19H37N/c1-5-17(4)20(16(2)3)15-19-13-11-9-7-6-8-10-12-18(19)14-19/h16-18H,5-15H2,1-4H3. The predicted octanol–water partition coefficient (Wildman–Crippen LogP) is 5.64. The topological polar surface area (TPSA) is 3.24 Å². The van der Waals surface area contributed by atoms with Crippen molar-refractivity contribution in [2.24, 2.45) is 11.3 Å². The van der Waals surface area contributed by atoms with Crippen molar-refractivity contribution < 1.29 is 0 Å². The first-order valence-corrected chi connectivity index (χ1v) is 9.35. The van der Waals surface area contributed by atoms with E-state index in [1.54, 1.807) is 0 Å². The van der Waals surface area contributed by atoms with E-state index < -0.39 is 0 Å². The smallest absolute Gasteiger partial charge is 0.00672 e. The van der Waals surface area contributed by atoms with E-state index in [1.807, 2.05) is 0 Å². The molecule has 20 heavy (non-hydrogen) atoms. The molecule has 0 radical (unpaired) electrons. The number of nitrogens with zero attached hydrogens (tertiary/aromatic N) is 1. The van der Waals surface area contributed by atoms with E-state index in [9.17, 15) is 0 Å². The van der Waals surface area contributed by atoms with Crippen LogP contribution in [0.1, 0.15) is 91.9 Å². The van der Waals surface area contributed by atoms with Gasteiger partial charge in [0.1, 0.15) is 0 Å². The zero-order valence-electron chi connectivity index (χ0n) is 14.5. The highest BCUT2D eigenvalue weighted by Crippen LogP contribution is 2.59. The first-order chi connectivity index (χ1) is 9.59. The average molecular weight is 280 g/mol. The maximum absolute atomic E-state index is 2.80. The molecule has 0 spiro atoms. The van der Waals surface area contributed by atoms with Gasteiger partial charge in [-0.05, 0) is 57.8 Å². The molecule has 0 aliphatic heterocycles. The Hall–Kier alpha value is -0.0400. The molecule has 2 aliphatic carbocycles. The minimum absolute atomic E-state index is 0.705. The van der Waals surface area contributed by atoms with E-state index in [-0.39, 0.29) is 0 Å². The van der Waals surface area contributed by atoms with Crippen LogP contribution < -0.4 is 0 Å². The Kier molecular flexibility index (Phi) is 5.95. The molecule has 0 aromatic rings. The fraction of sp³-hybridized carbons (Fsp3) is 1.00. The van der Waals surface area contributed by atoms with E-state index in [4.69, 9.17) is 0 Å². The molecule has 0 aromatic carbocycles. The molecule has 3 unspecified atom stereocenters. The molecule has 2 fully saturated rings. The molecule has 0 saturated heterocycles. The summed E-state index contributed by atoms with van der Waals surface area (Å²) in [6.45, 7) is 10.9. The van der Waals surface area contributed by atoms with Crippen LogP contribution in [0.4, 0.5) is 0 Å². The second kappa shape index (κ2) is 7.29. The summed E-state index contributed by atoms with van der Waals surface area (Å²) in [5, 5.41) is 0. The van der Waals surface area contributed by atoms with E-state index >= 15 is 0 Å². The molecular weight excluding hydrogens is 242 g/mol. The Bertz CT molecular complexity index is 285. The first-order valence-electron chi connectivity index (χ1n) is 9.35. The molecular formula is C19H37N. The lowest BCUT2D eigenvalue weighted by molar-refractivity contribution is 0.114. The molecule has 0 bridgehead atoms. The summed E-state index contributed by atoms with van der Waals surface area (Å²) in [4.78, 5) is 2.80. The fourth-order valence-electron chi connectivity index (χ4n) is 4.44. The average Bonchev–Trinajstić information content (AvgIpc) is 3.12. The van der Waals surface area contributed by atoms with Crippen LogP contribution in [0.3, 0.4) is 0 Å². The van der Waals surface area contributed by atoms with Crippen molar-refractivity contribution in [2.45, 2.75) is 104 Å². The lowest BCUT2D eigenvalue weighted by atomic mass is 9.90. The number of rotatable bonds is 5. The van der Waals surface area contributed by atoms with Crippen molar-refractivity contribution in [2.75, 3.05) is 6.54 Å². The summed E-state index contributed by atoms with van der Waals surface area (Å²) in [6, 6.07) is 1.46. The number of hydrogen-bond acceptors (Lipinski definition) is 1. The molecule has 2 saturated carbocycles. The summed E-state index contributed by atoms with van der Waals surface area (Å²) in [6.07, 6.45) is 14.8. The Balaban J connectivity index is 1.97. The summed E-state index contributed by atoms with van der Waals surface area (Å²) >= 11 is 0. The van der Waals surface area contributed by atoms with Gasteiger partial charge in [0, 0.05) is 18.6 Å². The lowest BCUT2D eigenvalue weighted by Crippen LogP contribution is -2.42. The molecule has 1 nitrogen and oxygen atoms in total. The first kappa shape index (κ1) is 16.3. The third-order valence-electron chi connectivity index (χ3n) is 6.15. The van der Waals surface area contributed by atoms with Gasteiger partial charge in [-0.3, -0.25) is 4.90 Å². The normalized spacial score (nSPS) is 33.0. The van der Waals surface area contributed by atoms with Crippen LogP contribution in [-0.4, -0.2) is 23.5 Å². The molecule has 2 aliphatic rings.